The Labute approximate surface area is 83.9 Å². The van der Waals surface area contributed by atoms with Crippen LogP contribution in [0, 0.1) is 0 Å². The van der Waals surface area contributed by atoms with E-state index < -0.39 is 6.16 Å². The lowest BCUT2D eigenvalue weighted by Crippen LogP contribution is -2.37. The molecule has 82 valence electrons. The molecule has 0 bridgehead atoms. The smallest absolute Gasteiger partial charge is 0.438 e. The second-order valence-corrected chi connectivity index (χ2v) is 3.11. The van der Waals surface area contributed by atoms with Crippen LogP contribution < -0.4 is 0 Å². The van der Waals surface area contributed by atoms with Gasteiger partial charge in [-0.05, 0) is 6.42 Å². The molecule has 0 N–H and O–H groups in total. The van der Waals surface area contributed by atoms with Gasteiger partial charge in [0, 0.05) is 19.6 Å². The maximum absolute atomic E-state index is 10.6. The molecule has 1 aliphatic heterocycles. The van der Waals surface area contributed by atoms with Gasteiger partial charge in [0.2, 0.25) is 0 Å². The summed E-state index contributed by atoms with van der Waals surface area (Å²) < 4.78 is 14.3. The Bertz CT molecular complexity index is 168. The lowest BCUT2D eigenvalue weighted by Gasteiger charge is -2.26. The van der Waals surface area contributed by atoms with Crippen molar-refractivity contribution >= 4 is 6.16 Å². The normalized spacial score (nSPS) is 17.8. The van der Waals surface area contributed by atoms with E-state index in [1.54, 1.807) is 0 Å². The summed E-state index contributed by atoms with van der Waals surface area (Å²) >= 11 is 0. The van der Waals surface area contributed by atoms with E-state index in [0.717, 1.165) is 39.3 Å². The third-order valence-electron chi connectivity index (χ3n) is 2.11. The molecule has 5 heteroatoms. The van der Waals surface area contributed by atoms with E-state index in [-0.39, 0.29) is 0 Å². The van der Waals surface area contributed by atoms with E-state index in [2.05, 4.69) is 9.64 Å². The number of carbonyl (C=O) groups is 1. The zero-order chi connectivity index (χ0) is 10.2. The Morgan fingerprint density at radius 1 is 1.43 bits per heavy atom. The molecular formula is C9H17NO4. The van der Waals surface area contributed by atoms with Crippen molar-refractivity contribution in [3.63, 3.8) is 0 Å². The Morgan fingerprint density at radius 3 is 2.79 bits per heavy atom. The summed E-state index contributed by atoms with van der Waals surface area (Å²) in [5, 5.41) is 0. The van der Waals surface area contributed by atoms with Gasteiger partial charge >= 0.3 is 6.16 Å². The summed E-state index contributed by atoms with van der Waals surface area (Å²) in [5.74, 6) is 0. The van der Waals surface area contributed by atoms with Crippen molar-refractivity contribution in [1.82, 2.24) is 4.90 Å². The van der Waals surface area contributed by atoms with Crippen LogP contribution in [0.4, 0.5) is 4.79 Å². The van der Waals surface area contributed by atoms with E-state index in [1.807, 2.05) is 0 Å². The number of ether oxygens (including phenoxy) is 3. The Balaban J connectivity index is 1.94. The summed E-state index contributed by atoms with van der Waals surface area (Å²) in [5.41, 5.74) is 0. The summed E-state index contributed by atoms with van der Waals surface area (Å²) in [6, 6.07) is 0. The molecule has 0 amide bonds. The minimum Gasteiger partial charge on any atom is -0.438 e. The summed E-state index contributed by atoms with van der Waals surface area (Å²) in [7, 11) is 1.31. The predicted molar refractivity (Wildman–Crippen MR) is 50.2 cm³/mol. The zero-order valence-electron chi connectivity index (χ0n) is 8.53. The highest BCUT2D eigenvalue weighted by Gasteiger charge is 2.09. The molecule has 0 spiro atoms. The van der Waals surface area contributed by atoms with Gasteiger partial charge in [-0.3, -0.25) is 4.90 Å². The molecule has 14 heavy (non-hydrogen) atoms. The van der Waals surface area contributed by atoms with Crippen molar-refractivity contribution in [3.8, 4) is 0 Å². The highest BCUT2D eigenvalue weighted by molar-refractivity contribution is 5.59. The topological polar surface area (TPSA) is 48.0 Å². The Kier molecular flexibility index (Phi) is 5.32. The second-order valence-electron chi connectivity index (χ2n) is 3.11. The van der Waals surface area contributed by atoms with Gasteiger partial charge in [0.05, 0.1) is 26.9 Å². The second kappa shape index (κ2) is 6.62. The maximum Gasteiger partial charge on any atom is 0.507 e. The summed E-state index contributed by atoms with van der Waals surface area (Å²) in [6.45, 7) is 4.91. The van der Waals surface area contributed by atoms with Crippen LogP contribution >= 0.6 is 0 Å². The van der Waals surface area contributed by atoms with Gasteiger partial charge in [0.1, 0.15) is 0 Å². The molecule has 1 aliphatic rings. The van der Waals surface area contributed by atoms with E-state index in [9.17, 15) is 4.79 Å². The predicted octanol–water partition coefficient (Wildman–Crippen LogP) is 0.492. The van der Waals surface area contributed by atoms with Gasteiger partial charge in [-0.1, -0.05) is 0 Å². The van der Waals surface area contributed by atoms with Crippen LogP contribution in [-0.2, 0) is 14.2 Å². The first-order valence-electron chi connectivity index (χ1n) is 4.84. The monoisotopic (exact) mass is 203 g/mol. The van der Waals surface area contributed by atoms with Crippen LogP contribution in [0.2, 0.25) is 0 Å². The number of nitrogens with zero attached hydrogens (tertiary/aromatic N) is 1. The standard InChI is InChI=1S/C9H17NO4/c1-12-9(11)14-6-2-3-10-4-7-13-8-5-10/h2-8H2,1H3. The fourth-order valence-electron chi connectivity index (χ4n) is 1.33. The molecule has 0 aromatic carbocycles. The van der Waals surface area contributed by atoms with Gasteiger partial charge < -0.3 is 14.2 Å². The molecule has 0 radical (unpaired) electrons. The van der Waals surface area contributed by atoms with Gasteiger partial charge in [0.25, 0.3) is 0 Å². The molecule has 0 saturated carbocycles. The van der Waals surface area contributed by atoms with E-state index in [4.69, 9.17) is 9.47 Å². The van der Waals surface area contributed by atoms with Crippen molar-refractivity contribution < 1.29 is 19.0 Å². The van der Waals surface area contributed by atoms with Crippen molar-refractivity contribution in [2.24, 2.45) is 0 Å². The Morgan fingerprint density at radius 2 is 2.14 bits per heavy atom. The van der Waals surface area contributed by atoms with Crippen LogP contribution in [0.25, 0.3) is 0 Å². The number of methoxy groups -OCH3 is 1. The lowest BCUT2D eigenvalue weighted by molar-refractivity contribution is 0.0309. The van der Waals surface area contributed by atoms with Crippen LogP contribution in [-0.4, -0.2) is 57.6 Å². The van der Waals surface area contributed by atoms with Gasteiger partial charge in [0.15, 0.2) is 0 Å². The molecule has 1 heterocycles. The van der Waals surface area contributed by atoms with Crippen molar-refractivity contribution in [2.75, 3.05) is 46.6 Å². The van der Waals surface area contributed by atoms with Crippen LogP contribution in [0.1, 0.15) is 6.42 Å². The highest BCUT2D eigenvalue weighted by Crippen LogP contribution is 1.98. The third kappa shape index (κ3) is 4.43. The first-order valence-corrected chi connectivity index (χ1v) is 4.84. The Hall–Kier alpha value is -0.810. The summed E-state index contributed by atoms with van der Waals surface area (Å²) in [4.78, 5) is 12.9. The SMILES string of the molecule is COC(=O)OCCCN1CCOCC1. The summed E-state index contributed by atoms with van der Waals surface area (Å²) in [6.07, 6.45) is 0.238. The minimum absolute atomic E-state index is 0.421. The number of hydrogen-bond donors (Lipinski definition) is 0. The van der Waals surface area contributed by atoms with Crippen molar-refractivity contribution in [1.29, 1.82) is 0 Å². The number of rotatable bonds is 4. The quantitative estimate of drug-likeness (QED) is 0.491. The first kappa shape index (κ1) is 11.3. The molecule has 0 aliphatic carbocycles. The molecule has 1 fully saturated rings. The maximum atomic E-state index is 10.6. The molecule has 1 saturated heterocycles. The molecule has 0 atom stereocenters. The van der Waals surface area contributed by atoms with Crippen LogP contribution in [0.5, 0.6) is 0 Å². The van der Waals surface area contributed by atoms with E-state index >= 15 is 0 Å². The molecule has 0 aromatic heterocycles. The number of carbonyl (C=O) groups excluding carboxylic acids is 1. The van der Waals surface area contributed by atoms with Gasteiger partial charge in [-0.15, -0.1) is 0 Å². The fourth-order valence-corrected chi connectivity index (χ4v) is 1.33. The van der Waals surface area contributed by atoms with Gasteiger partial charge in [-0.25, -0.2) is 4.79 Å². The lowest BCUT2D eigenvalue weighted by atomic mass is 10.3. The van der Waals surface area contributed by atoms with Crippen LogP contribution in [0.3, 0.4) is 0 Å². The third-order valence-corrected chi connectivity index (χ3v) is 2.11. The number of morpholine rings is 1. The fraction of sp³-hybridized carbons (Fsp3) is 0.889. The zero-order valence-corrected chi connectivity index (χ0v) is 8.53. The van der Waals surface area contributed by atoms with Crippen molar-refractivity contribution in [2.45, 2.75) is 6.42 Å². The molecule has 0 aromatic rings. The van der Waals surface area contributed by atoms with E-state index in [0.29, 0.717) is 6.61 Å². The average Bonchev–Trinajstić information content (AvgIpc) is 2.25. The molecular weight excluding hydrogens is 186 g/mol. The molecule has 1 rings (SSSR count). The largest absolute Gasteiger partial charge is 0.507 e. The molecule has 5 nitrogen and oxygen atoms in total. The molecule has 0 unspecified atom stereocenters. The number of hydrogen-bond acceptors (Lipinski definition) is 5. The first-order chi connectivity index (χ1) is 6.83. The van der Waals surface area contributed by atoms with E-state index in [1.165, 1.54) is 7.11 Å². The minimum atomic E-state index is -0.605. The van der Waals surface area contributed by atoms with Crippen LogP contribution in [0.15, 0.2) is 0 Å². The average molecular weight is 203 g/mol. The highest BCUT2D eigenvalue weighted by atomic mass is 16.7. The van der Waals surface area contributed by atoms with Gasteiger partial charge in [-0.2, -0.15) is 0 Å². The van der Waals surface area contributed by atoms with Crippen molar-refractivity contribution in [3.05, 3.63) is 0 Å².